The zero-order chi connectivity index (χ0) is 22.3. The molecule has 2 aliphatic heterocycles. The zero-order valence-corrected chi connectivity index (χ0v) is 18.7. The van der Waals surface area contributed by atoms with Gasteiger partial charge in [0.1, 0.15) is 12.4 Å². The van der Waals surface area contributed by atoms with Crippen LogP contribution in [0.2, 0.25) is 0 Å². The summed E-state index contributed by atoms with van der Waals surface area (Å²) in [6, 6.07) is 12.1. The molecule has 5 rings (SSSR count). The Labute approximate surface area is 193 Å². The number of H-pyrrole nitrogens is 1. The van der Waals surface area contributed by atoms with Crippen molar-refractivity contribution in [3.63, 3.8) is 0 Å². The monoisotopic (exact) mass is 450 g/mol. The summed E-state index contributed by atoms with van der Waals surface area (Å²) in [6.07, 6.45) is 3.79. The molecule has 2 fully saturated rings. The van der Waals surface area contributed by atoms with Gasteiger partial charge in [0.25, 0.3) is 0 Å². The van der Waals surface area contributed by atoms with Gasteiger partial charge in [-0.2, -0.15) is 10.1 Å². The van der Waals surface area contributed by atoms with Crippen molar-refractivity contribution < 1.29 is 14.2 Å². The molecule has 0 amide bonds. The van der Waals surface area contributed by atoms with Gasteiger partial charge in [-0.3, -0.25) is 10.3 Å². The molecule has 0 spiro atoms. The Morgan fingerprint density at radius 2 is 1.85 bits per heavy atom. The lowest BCUT2D eigenvalue weighted by molar-refractivity contribution is 0.0320. The van der Waals surface area contributed by atoms with Crippen LogP contribution in [0.25, 0.3) is 10.9 Å². The number of aromatic nitrogens is 2. The number of pyridine rings is 1. The second-order valence-electron chi connectivity index (χ2n) is 8.11. The lowest BCUT2D eigenvalue weighted by Gasteiger charge is -2.28. The largest absolute Gasteiger partial charge is 0.476 e. The summed E-state index contributed by atoms with van der Waals surface area (Å²) < 4.78 is 17.0. The first kappa shape index (κ1) is 21.7. The van der Waals surface area contributed by atoms with Crippen molar-refractivity contribution in [2.45, 2.75) is 0 Å². The van der Waals surface area contributed by atoms with Crippen LogP contribution >= 0.6 is 0 Å². The number of aromatic amines is 1. The van der Waals surface area contributed by atoms with Crippen LogP contribution in [-0.4, -0.2) is 86.8 Å². The lowest BCUT2D eigenvalue weighted by atomic mass is 10.2. The van der Waals surface area contributed by atoms with E-state index in [4.69, 9.17) is 19.2 Å². The van der Waals surface area contributed by atoms with Gasteiger partial charge in [-0.25, -0.2) is 0 Å². The quantitative estimate of drug-likeness (QED) is 0.403. The fourth-order valence-corrected chi connectivity index (χ4v) is 4.07. The van der Waals surface area contributed by atoms with Gasteiger partial charge in [-0.05, 0) is 6.07 Å². The SMILES string of the molecule is C(=NNc1cc(OCCN2CCOCC2)nc(N2CCOCC2)c1)c1c[nH]c2ccccc12. The predicted molar refractivity (Wildman–Crippen MR) is 130 cm³/mol. The molecule has 0 bridgehead atoms. The molecular weight excluding hydrogens is 420 g/mol. The lowest BCUT2D eigenvalue weighted by Crippen LogP contribution is -2.38. The van der Waals surface area contributed by atoms with Gasteiger partial charge in [0.05, 0.1) is 38.3 Å². The molecular formula is C24H30N6O3. The number of nitrogens with zero attached hydrogens (tertiary/aromatic N) is 4. The van der Waals surface area contributed by atoms with Crippen molar-refractivity contribution in [1.29, 1.82) is 0 Å². The molecule has 0 atom stereocenters. The van der Waals surface area contributed by atoms with E-state index in [0.29, 0.717) is 25.7 Å². The van der Waals surface area contributed by atoms with E-state index in [0.717, 1.165) is 73.9 Å². The van der Waals surface area contributed by atoms with Crippen LogP contribution in [0.5, 0.6) is 5.88 Å². The Balaban J connectivity index is 1.28. The third kappa shape index (κ3) is 5.62. The number of rotatable bonds is 8. The molecule has 33 heavy (non-hydrogen) atoms. The second-order valence-corrected chi connectivity index (χ2v) is 8.11. The van der Waals surface area contributed by atoms with Crippen LogP contribution in [0.1, 0.15) is 5.56 Å². The van der Waals surface area contributed by atoms with Gasteiger partial charge in [0.2, 0.25) is 5.88 Å². The summed E-state index contributed by atoms with van der Waals surface area (Å²) in [5, 5.41) is 5.61. The fraction of sp³-hybridized carbons (Fsp3) is 0.417. The average molecular weight is 451 g/mol. The van der Waals surface area contributed by atoms with E-state index >= 15 is 0 Å². The number of morpholine rings is 2. The Morgan fingerprint density at radius 3 is 2.70 bits per heavy atom. The minimum Gasteiger partial charge on any atom is -0.476 e. The summed E-state index contributed by atoms with van der Waals surface area (Å²) >= 11 is 0. The van der Waals surface area contributed by atoms with Crippen molar-refractivity contribution in [3.8, 4) is 5.88 Å². The van der Waals surface area contributed by atoms with Crippen LogP contribution in [0.3, 0.4) is 0 Å². The van der Waals surface area contributed by atoms with Gasteiger partial charge in [-0.1, -0.05) is 18.2 Å². The number of nitrogens with one attached hydrogen (secondary N) is 2. The van der Waals surface area contributed by atoms with Crippen LogP contribution in [0, 0.1) is 0 Å². The number of benzene rings is 1. The maximum Gasteiger partial charge on any atom is 0.217 e. The molecule has 2 aliphatic rings. The van der Waals surface area contributed by atoms with Crippen LogP contribution in [0.15, 0.2) is 47.7 Å². The van der Waals surface area contributed by atoms with E-state index in [9.17, 15) is 0 Å². The van der Waals surface area contributed by atoms with Crippen molar-refractivity contribution >= 4 is 28.6 Å². The minimum absolute atomic E-state index is 0.581. The van der Waals surface area contributed by atoms with Gasteiger partial charge in [0.15, 0.2) is 0 Å². The highest BCUT2D eigenvalue weighted by atomic mass is 16.5. The molecule has 1 aromatic carbocycles. The fourth-order valence-electron chi connectivity index (χ4n) is 4.07. The summed E-state index contributed by atoms with van der Waals surface area (Å²) in [4.78, 5) is 12.6. The molecule has 3 aromatic rings. The normalized spacial score (nSPS) is 17.6. The second kappa shape index (κ2) is 10.7. The van der Waals surface area contributed by atoms with Gasteiger partial charge in [0, 0.05) is 67.5 Å². The summed E-state index contributed by atoms with van der Waals surface area (Å²) in [7, 11) is 0. The van der Waals surface area contributed by atoms with E-state index in [1.54, 1.807) is 0 Å². The molecule has 4 heterocycles. The van der Waals surface area contributed by atoms with Crippen LogP contribution < -0.4 is 15.1 Å². The highest BCUT2D eigenvalue weighted by molar-refractivity contribution is 5.99. The van der Waals surface area contributed by atoms with E-state index in [-0.39, 0.29) is 0 Å². The Bertz CT molecular complexity index is 1070. The molecule has 0 unspecified atom stereocenters. The maximum absolute atomic E-state index is 6.04. The van der Waals surface area contributed by atoms with Crippen molar-refractivity contribution in [2.75, 3.05) is 76.1 Å². The van der Waals surface area contributed by atoms with Crippen molar-refractivity contribution in [2.24, 2.45) is 5.10 Å². The summed E-state index contributed by atoms with van der Waals surface area (Å²) in [6.45, 7) is 7.91. The van der Waals surface area contributed by atoms with Crippen molar-refractivity contribution in [3.05, 3.63) is 48.2 Å². The first-order chi connectivity index (χ1) is 16.3. The van der Waals surface area contributed by atoms with Crippen LogP contribution in [0.4, 0.5) is 11.5 Å². The molecule has 2 aromatic heterocycles. The Hall–Kier alpha value is -3.14. The number of hydrogen-bond donors (Lipinski definition) is 2. The highest BCUT2D eigenvalue weighted by Gasteiger charge is 2.15. The molecule has 9 nitrogen and oxygen atoms in total. The van der Waals surface area contributed by atoms with Gasteiger partial charge >= 0.3 is 0 Å². The van der Waals surface area contributed by atoms with Crippen molar-refractivity contribution in [1.82, 2.24) is 14.9 Å². The molecule has 0 aliphatic carbocycles. The summed E-state index contributed by atoms with van der Waals surface area (Å²) in [5.74, 6) is 1.46. The molecule has 0 saturated carbocycles. The smallest absolute Gasteiger partial charge is 0.217 e. The highest BCUT2D eigenvalue weighted by Crippen LogP contribution is 2.24. The van der Waals surface area contributed by atoms with E-state index < -0.39 is 0 Å². The number of para-hydroxylation sites is 1. The zero-order valence-electron chi connectivity index (χ0n) is 18.7. The Morgan fingerprint density at radius 1 is 1.06 bits per heavy atom. The number of ether oxygens (including phenoxy) is 3. The third-order valence-electron chi connectivity index (χ3n) is 5.90. The molecule has 2 saturated heterocycles. The standard InChI is InChI=1S/C24H30N6O3/c1-2-4-22-21(3-1)19(17-25-22)18-26-28-20-15-23(30-8-12-32-13-9-30)27-24(16-20)33-14-7-29-5-10-31-11-6-29/h1-4,15-18,25H,5-14H2,(H,27,28). The molecule has 9 heteroatoms. The Kier molecular flexibility index (Phi) is 7.00. The topological polar surface area (TPSA) is 87.2 Å². The predicted octanol–water partition coefficient (Wildman–Crippen LogP) is 2.56. The van der Waals surface area contributed by atoms with E-state index in [1.165, 1.54) is 0 Å². The number of fused-ring (bicyclic) bond motifs is 1. The van der Waals surface area contributed by atoms with Gasteiger partial charge < -0.3 is 24.1 Å². The maximum atomic E-state index is 6.04. The number of hydrogen-bond acceptors (Lipinski definition) is 8. The summed E-state index contributed by atoms with van der Waals surface area (Å²) in [5.41, 5.74) is 6.12. The number of hydrazone groups is 1. The minimum atomic E-state index is 0.581. The first-order valence-electron chi connectivity index (χ1n) is 11.5. The molecule has 0 radical (unpaired) electrons. The average Bonchev–Trinajstić information content (AvgIpc) is 3.28. The first-order valence-corrected chi connectivity index (χ1v) is 11.5. The van der Waals surface area contributed by atoms with E-state index in [1.807, 2.05) is 36.7 Å². The molecule has 2 N–H and O–H groups in total. The number of anilines is 2. The van der Waals surface area contributed by atoms with Gasteiger partial charge in [-0.15, -0.1) is 0 Å². The third-order valence-corrected chi connectivity index (χ3v) is 5.90. The molecule has 174 valence electrons. The van der Waals surface area contributed by atoms with Crippen LogP contribution in [-0.2, 0) is 9.47 Å². The van der Waals surface area contributed by atoms with E-state index in [2.05, 4.69) is 37.4 Å².